The van der Waals surface area contributed by atoms with Crippen LogP contribution in [0.25, 0.3) is 0 Å². The minimum Gasteiger partial charge on any atom is -0.322 e. The van der Waals surface area contributed by atoms with Crippen molar-refractivity contribution in [1.82, 2.24) is 0 Å². The molecule has 0 unspecified atom stereocenters. The quantitative estimate of drug-likeness (QED) is 0.684. The van der Waals surface area contributed by atoms with Crippen LogP contribution in [-0.4, -0.2) is 26.5 Å². The Hall–Kier alpha value is -2.97. The van der Waals surface area contributed by atoms with Gasteiger partial charge in [0.2, 0.25) is 0 Å². The molecule has 27 heavy (non-hydrogen) atoms. The number of sulfone groups is 1. The molecule has 0 aliphatic heterocycles. The molecule has 8 heteroatoms. The largest absolute Gasteiger partial charge is 0.322 e. The van der Waals surface area contributed by atoms with Crippen LogP contribution in [-0.2, 0) is 9.84 Å². The molecule has 0 aliphatic carbocycles. The van der Waals surface area contributed by atoms with Crippen molar-refractivity contribution in [2.75, 3.05) is 16.9 Å². The van der Waals surface area contributed by atoms with Crippen molar-refractivity contribution >= 4 is 44.4 Å². The van der Waals surface area contributed by atoms with Crippen LogP contribution in [0.5, 0.6) is 0 Å². The van der Waals surface area contributed by atoms with Crippen LogP contribution in [0.15, 0.2) is 70.9 Å². The lowest BCUT2D eigenvalue weighted by molar-refractivity contribution is 0.102. The molecule has 2 amide bonds. The molecule has 138 valence electrons. The van der Waals surface area contributed by atoms with E-state index in [-0.39, 0.29) is 16.7 Å². The minimum atomic E-state index is -3.31. The predicted octanol–water partition coefficient (Wildman–Crippen LogP) is 3.66. The maximum atomic E-state index is 12.3. The Morgan fingerprint density at radius 2 is 1.48 bits per heavy atom. The van der Waals surface area contributed by atoms with Crippen molar-refractivity contribution in [1.29, 1.82) is 0 Å². The van der Waals surface area contributed by atoms with Crippen LogP contribution in [0.3, 0.4) is 0 Å². The highest BCUT2D eigenvalue weighted by atomic mass is 32.2. The highest BCUT2D eigenvalue weighted by Gasteiger charge is 2.11. The Balaban J connectivity index is 1.70. The van der Waals surface area contributed by atoms with Crippen LogP contribution in [0.4, 0.5) is 11.4 Å². The fraction of sp³-hybridized carbons (Fsp3) is 0.0526. The van der Waals surface area contributed by atoms with Crippen LogP contribution in [0.1, 0.15) is 20.0 Å². The summed E-state index contributed by atoms with van der Waals surface area (Å²) in [6.07, 6.45) is 1.11. The lowest BCUT2D eigenvalue weighted by atomic mass is 10.2. The Kier molecular flexibility index (Phi) is 5.38. The topological polar surface area (TPSA) is 92.3 Å². The number of rotatable bonds is 5. The first-order valence-corrected chi connectivity index (χ1v) is 10.7. The van der Waals surface area contributed by atoms with Crippen molar-refractivity contribution in [3.63, 3.8) is 0 Å². The van der Waals surface area contributed by atoms with Gasteiger partial charge in [0, 0.05) is 23.2 Å². The zero-order valence-corrected chi connectivity index (χ0v) is 15.9. The molecule has 6 nitrogen and oxygen atoms in total. The molecular formula is C19H16N2O4S2. The smallest absolute Gasteiger partial charge is 0.265 e. The summed E-state index contributed by atoms with van der Waals surface area (Å²) in [5, 5.41) is 7.32. The maximum Gasteiger partial charge on any atom is 0.265 e. The van der Waals surface area contributed by atoms with E-state index in [1.807, 2.05) is 5.38 Å². The fourth-order valence-electron chi connectivity index (χ4n) is 2.33. The van der Waals surface area contributed by atoms with E-state index in [0.29, 0.717) is 21.8 Å². The monoisotopic (exact) mass is 400 g/mol. The molecule has 0 aliphatic rings. The van der Waals surface area contributed by atoms with Crippen molar-refractivity contribution in [2.24, 2.45) is 0 Å². The van der Waals surface area contributed by atoms with Crippen molar-refractivity contribution in [2.45, 2.75) is 4.90 Å². The van der Waals surface area contributed by atoms with Gasteiger partial charge in [-0.2, -0.15) is 0 Å². The van der Waals surface area contributed by atoms with Gasteiger partial charge in [0.25, 0.3) is 11.8 Å². The number of carbonyl (C=O) groups is 2. The van der Waals surface area contributed by atoms with E-state index in [1.165, 1.54) is 35.6 Å². The summed E-state index contributed by atoms with van der Waals surface area (Å²) in [5.74, 6) is -0.596. The van der Waals surface area contributed by atoms with Gasteiger partial charge in [-0.05, 0) is 53.9 Å². The number of hydrogen-bond acceptors (Lipinski definition) is 5. The number of benzene rings is 2. The van der Waals surface area contributed by atoms with E-state index >= 15 is 0 Å². The molecule has 0 bridgehead atoms. The zero-order valence-electron chi connectivity index (χ0n) is 14.3. The first-order valence-electron chi connectivity index (χ1n) is 7.89. The van der Waals surface area contributed by atoms with E-state index in [0.717, 1.165) is 6.26 Å². The number of amides is 2. The molecule has 2 N–H and O–H groups in total. The second kappa shape index (κ2) is 7.73. The number of carbonyl (C=O) groups excluding carboxylic acids is 2. The molecule has 0 spiro atoms. The first-order chi connectivity index (χ1) is 12.8. The summed E-state index contributed by atoms with van der Waals surface area (Å²) in [7, 11) is -3.31. The molecule has 0 saturated heterocycles. The first kappa shape index (κ1) is 18.8. The number of thiophene rings is 1. The van der Waals surface area contributed by atoms with Gasteiger partial charge in [0.15, 0.2) is 9.84 Å². The van der Waals surface area contributed by atoms with Gasteiger partial charge in [-0.15, -0.1) is 11.3 Å². The third-order valence-corrected chi connectivity index (χ3v) is 5.67. The summed E-state index contributed by atoms with van der Waals surface area (Å²) in [6, 6.07) is 16.0. The summed E-state index contributed by atoms with van der Waals surface area (Å²) in [6.45, 7) is 0. The predicted molar refractivity (Wildman–Crippen MR) is 106 cm³/mol. The Morgan fingerprint density at radius 1 is 0.852 bits per heavy atom. The molecular weight excluding hydrogens is 384 g/mol. The van der Waals surface area contributed by atoms with E-state index < -0.39 is 9.84 Å². The van der Waals surface area contributed by atoms with Gasteiger partial charge < -0.3 is 10.6 Å². The van der Waals surface area contributed by atoms with Crippen molar-refractivity contribution < 1.29 is 18.0 Å². The lowest BCUT2D eigenvalue weighted by Gasteiger charge is -2.09. The highest BCUT2D eigenvalue weighted by molar-refractivity contribution is 7.90. The molecule has 1 aromatic heterocycles. The van der Waals surface area contributed by atoms with Gasteiger partial charge in [0.05, 0.1) is 9.77 Å². The average molecular weight is 400 g/mol. The second-order valence-electron chi connectivity index (χ2n) is 5.76. The molecule has 1 heterocycles. The summed E-state index contributed by atoms with van der Waals surface area (Å²) >= 11 is 1.34. The standard InChI is InChI=1S/C19H16N2O4S2/c1-27(24,25)16-9-7-13(8-10-16)18(22)20-14-4-2-5-15(12-14)21-19(23)17-6-3-11-26-17/h2-12H,1H3,(H,20,22)(H,21,23). The van der Waals surface area contributed by atoms with Crippen LogP contribution in [0.2, 0.25) is 0 Å². The van der Waals surface area contributed by atoms with Crippen LogP contribution in [0, 0.1) is 0 Å². The lowest BCUT2D eigenvalue weighted by Crippen LogP contribution is -2.13. The zero-order chi connectivity index (χ0) is 19.4. The minimum absolute atomic E-state index is 0.150. The average Bonchev–Trinajstić information content (AvgIpc) is 3.16. The Bertz CT molecular complexity index is 1070. The van der Waals surface area contributed by atoms with Crippen molar-refractivity contribution in [3.05, 3.63) is 76.5 Å². The van der Waals surface area contributed by atoms with Gasteiger partial charge in [-0.1, -0.05) is 12.1 Å². The molecule has 2 aromatic carbocycles. The highest BCUT2D eigenvalue weighted by Crippen LogP contribution is 2.19. The molecule has 0 fully saturated rings. The number of anilines is 2. The second-order valence-corrected chi connectivity index (χ2v) is 8.73. The number of nitrogens with one attached hydrogen (secondary N) is 2. The molecule has 3 rings (SSSR count). The van der Waals surface area contributed by atoms with E-state index in [1.54, 1.807) is 36.4 Å². The Labute approximate surface area is 160 Å². The Morgan fingerprint density at radius 3 is 2.04 bits per heavy atom. The molecule has 3 aromatic rings. The van der Waals surface area contributed by atoms with Gasteiger partial charge in [-0.3, -0.25) is 9.59 Å². The van der Waals surface area contributed by atoms with Gasteiger partial charge in [-0.25, -0.2) is 8.42 Å². The molecule has 0 radical (unpaired) electrons. The van der Waals surface area contributed by atoms with Crippen molar-refractivity contribution in [3.8, 4) is 0 Å². The summed E-state index contributed by atoms with van der Waals surface area (Å²) in [4.78, 5) is 25.2. The van der Waals surface area contributed by atoms with E-state index in [9.17, 15) is 18.0 Å². The summed E-state index contributed by atoms with van der Waals surface area (Å²) in [5.41, 5.74) is 1.39. The van der Waals surface area contributed by atoms with E-state index in [2.05, 4.69) is 10.6 Å². The SMILES string of the molecule is CS(=O)(=O)c1ccc(C(=O)Nc2cccc(NC(=O)c3cccs3)c2)cc1. The number of hydrogen-bond donors (Lipinski definition) is 2. The van der Waals surface area contributed by atoms with E-state index in [4.69, 9.17) is 0 Å². The molecule has 0 atom stereocenters. The molecule has 0 saturated carbocycles. The normalized spacial score (nSPS) is 11.0. The van der Waals surface area contributed by atoms with Gasteiger partial charge >= 0.3 is 0 Å². The third-order valence-electron chi connectivity index (χ3n) is 3.67. The van der Waals surface area contributed by atoms with Gasteiger partial charge in [0.1, 0.15) is 0 Å². The van der Waals surface area contributed by atoms with Crippen LogP contribution >= 0.6 is 11.3 Å². The maximum absolute atomic E-state index is 12.3. The summed E-state index contributed by atoms with van der Waals surface area (Å²) < 4.78 is 23.0. The fourth-order valence-corrected chi connectivity index (χ4v) is 3.58. The third kappa shape index (κ3) is 4.81. The van der Waals surface area contributed by atoms with Crippen LogP contribution < -0.4 is 10.6 Å².